The van der Waals surface area contributed by atoms with Crippen molar-refractivity contribution in [2.75, 3.05) is 11.9 Å². The maximum absolute atomic E-state index is 11.0. The molecule has 1 fully saturated rings. The summed E-state index contributed by atoms with van der Waals surface area (Å²) < 4.78 is 4.92. The summed E-state index contributed by atoms with van der Waals surface area (Å²) >= 11 is 0. The van der Waals surface area contributed by atoms with Gasteiger partial charge < -0.3 is 30.5 Å². The van der Waals surface area contributed by atoms with Gasteiger partial charge in [-0.3, -0.25) is 20.2 Å². The summed E-state index contributed by atoms with van der Waals surface area (Å²) in [6, 6.07) is 2.95. The largest absolute Gasteiger partial charge is 0.388 e. The lowest BCUT2D eigenvalue weighted by Crippen LogP contribution is -2.59. The van der Waals surface area contributed by atoms with E-state index in [2.05, 4.69) is 5.32 Å². The van der Waals surface area contributed by atoms with Crippen molar-refractivity contribution in [1.29, 1.82) is 0 Å². The van der Waals surface area contributed by atoms with E-state index >= 15 is 0 Å². The van der Waals surface area contributed by atoms with E-state index in [0.29, 0.717) is 0 Å². The van der Waals surface area contributed by atoms with Gasteiger partial charge in [-0.25, -0.2) is 0 Å². The van der Waals surface area contributed by atoms with Crippen LogP contribution in [-0.2, 0) is 4.74 Å². The lowest BCUT2D eigenvalue weighted by atomic mass is 9.99. The molecule has 1 aromatic rings. The summed E-state index contributed by atoms with van der Waals surface area (Å²) in [7, 11) is 0. The van der Waals surface area contributed by atoms with Crippen LogP contribution in [0.1, 0.15) is 0 Å². The topological polar surface area (TPSA) is 188 Å². The van der Waals surface area contributed by atoms with Gasteiger partial charge in [-0.15, -0.1) is 0 Å². The molecule has 0 saturated carbocycles. The fourth-order valence-electron chi connectivity index (χ4n) is 2.24. The molecular weight excluding hydrogens is 330 g/mol. The van der Waals surface area contributed by atoms with Crippen molar-refractivity contribution in [3.05, 3.63) is 38.4 Å². The Morgan fingerprint density at radius 2 is 1.71 bits per heavy atom. The molecule has 0 spiro atoms. The Hall–Kier alpha value is -2.38. The summed E-state index contributed by atoms with van der Waals surface area (Å²) in [4.78, 5) is 20.1. The highest BCUT2D eigenvalue weighted by Gasteiger charge is 2.42. The molecule has 12 heteroatoms. The zero-order valence-electron chi connectivity index (χ0n) is 12.1. The molecule has 0 aliphatic carbocycles. The van der Waals surface area contributed by atoms with Gasteiger partial charge in [0.05, 0.1) is 15.9 Å². The number of aliphatic hydroxyl groups is 4. The quantitative estimate of drug-likeness (QED) is 0.317. The predicted octanol–water partition coefficient (Wildman–Crippen LogP) is -1.29. The molecule has 132 valence electrons. The van der Waals surface area contributed by atoms with Crippen LogP contribution in [0.4, 0.5) is 17.1 Å². The van der Waals surface area contributed by atoms with Crippen LogP contribution < -0.4 is 5.32 Å². The van der Waals surface area contributed by atoms with Gasteiger partial charge in [-0.1, -0.05) is 0 Å². The molecule has 5 atom stereocenters. The number of nitro groups is 2. The van der Waals surface area contributed by atoms with Crippen LogP contribution in [0.5, 0.6) is 0 Å². The maximum atomic E-state index is 11.0. The highest BCUT2D eigenvalue weighted by Crippen LogP contribution is 2.29. The zero-order chi connectivity index (χ0) is 18.0. The lowest BCUT2D eigenvalue weighted by molar-refractivity contribution is -0.393. The minimum absolute atomic E-state index is 0.0727. The summed E-state index contributed by atoms with van der Waals surface area (Å²) in [5, 5.41) is 62.4. The first kappa shape index (κ1) is 18.0. The molecule has 5 N–H and O–H groups in total. The molecule has 2 rings (SSSR count). The van der Waals surface area contributed by atoms with E-state index in [4.69, 9.17) is 4.74 Å². The van der Waals surface area contributed by atoms with Crippen LogP contribution in [0.3, 0.4) is 0 Å². The van der Waals surface area contributed by atoms with Crippen molar-refractivity contribution in [1.82, 2.24) is 0 Å². The van der Waals surface area contributed by atoms with Crippen molar-refractivity contribution >= 4 is 17.1 Å². The fourth-order valence-corrected chi connectivity index (χ4v) is 2.24. The van der Waals surface area contributed by atoms with E-state index in [-0.39, 0.29) is 12.2 Å². The molecule has 0 aromatic heterocycles. The molecule has 0 amide bonds. The average molecular weight is 345 g/mol. The van der Waals surface area contributed by atoms with Gasteiger partial charge >= 0.3 is 0 Å². The van der Waals surface area contributed by atoms with Gasteiger partial charge in [-0.2, -0.15) is 0 Å². The summed E-state index contributed by atoms with van der Waals surface area (Å²) in [6.07, 6.45) is -7.80. The number of nitro benzene ring substituents is 2. The van der Waals surface area contributed by atoms with E-state index in [9.17, 15) is 40.7 Å². The van der Waals surface area contributed by atoms with Crippen molar-refractivity contribution in [3.63, 3.8) is 0 Å². The number of hydrogen-bond acceptors (Lipinski definition) is 10. The Morgan fingerprint density at radius 1 is 1.04 bits per heavy atom. The number of non-ortho nitro benzene ring substituents is 1. The van der Waals surface area contributed by atoms with E-state index in [1.54, 1.807) is 0 Å². The number of nitrogens with one attached hydrogen (secondary N) is 1. The first-order valence-electron chi connectivity index (χ1n) is 6.76. The van der Waals surface area contributed by atoms with Crippen molar-refractivity contribution in [2.45, 2.75) is 30.7 Å². The van der Waals surface area contributed by atoms with Gasteiger partial charge in [0.25, 0.3) is 11.4 Å². The van der Waals surface area contributed by atoms with Crippen molar-refractivity contribution in [3.8, 4) is 0 Å². The Bertz CT molecular complexity index is 640. The number of ether oxygens (including phenoxy) is 1. The van der Waals surface area contributed by atoms with Crippen LogP contribution in [-0.4, -0.2) is 67.5 Å². The Balaban J connectivity index is 2.14. The molecule has 5 unspecified atom stereocenters. The third-order valence-corrected chi connectivity index (χ3v) is 3.57. The minimum atomic E-state index is -1.73. The smallest absolute Gasteiger partial charge is 0.299 e. The second-order valence-corrected chi connectivity index (χ2v) is 5.13. The highest BCUT2D eigenvalue weighted by atomic mass is 16.6. The van der Waals surface area contributed by atoms with Crippen molar-refractivity contribution < 1.29 is 35.0 Å². The molecular formula is C12H15N3O9. The number of aliphatic hydroxyl groups excluding tert-OH is 4. The SMILES string of the molecule is O=[N+]([O-])c1ccc(NCC2OC(O)C(O)C(O)C2O)c([N+](=O)[O-])c1. The van der Waals surface area contributed by atoms with Crippen LogP contribution in [0.15, 0.2) is 18.2 Å². The van der Waals surface area contributed by atoms with Crippen molar-refractivity contribution in [2.24, 2.45) is 0 Å². The summed E-state index contributed by atoms with van der Waals surface area (Å²) in [6.45, 7) is -0.263. The van der Waals surface area contributed by atoms with Crippen LogP contribution in [0, 0.1) is 20.2 Å². The first-order valence-corrected chi connectivity index (χ1v) is 6.76. The van der Waals surface area contributed by atoms with Crippen LogP contribution in [0.25, 0.3) is 0 Å². The van der Waals surface area contributed by atoms with Gasteiger partial charge in [0, 0.05) is 12.6 Å². The average Bonchev–Trinajstić information content (AvgIpc) is 2.54. The second kappa shape index (κ2) is 7.02. The standard InChI is InChI=1S/C12H15N3O9/c16-9-8(24-12(19)11(18)10(9)17)4-13-6-2-1-5(14(20)21)3-7(6)15(22)23/h1-3,8-13,16-19H,4H2. The Kier molecular flexibility index (Phi) is 5.26. The van der Waals surface area contributed by atoms with E-state index in [0.717, 1.165) is 18.2 Å². The van der Waals surface area contributed by atoms with Gasteiger partial charge in [-0.05, 0) is 6.07 Å². The minimum Gasteiger partial charge on any atom is -0.388 e. The molecule has 1 heterocycles. The molecule has 1 aliphatic rings. The predicted molar refractivity (Wildman–Crippen MR) is 77.1 cm³/mol. The third kappa shape index (κ3) is 3.58. The Morgan fingerprint density at radius 3 is 2.29 bits per heavy atom. The van der Waals surface area contributed by atoms with Gasteiger partial charge in [0.2, 0.25) is 0 Å². The lowest BCUT2D eigenvalue weighted by Gasteiger charge is -2.38. The van der Waals surface area contributed by atoms with Gasteiger partial charge in [0.1, 0.15) is 30.1 Å². The number of nitrogens with zero attached hydrogens (tertiary/aromatic N) is 2. The zero-order valence-corrected chi connectivity index (χ0v) is 12.1. The van der Waals surface area contributed by atoms with E-state index < -0.39 is 51.9 Å². The van der Waals surface area contributed by atoms with E-state index in [1.807, 2.05) is 0 Å². The van der Waals surface area contributed by atoms with Crippen LogP contribution >= 0.6 is 0 Å². The highest BCUT2D eigenvalue weighted by molar-refractivity contribution is 5.65. The summed E-state index contributed by atoms with van der Waals surface area (Å²) in [5.41, 5.74) is -1.10. The molecule has 1 saturated heterocycles. The number of hydrogen-bond donors (Lipinski definition) is 5. The fraction of sp³-hybridized carbons (Fsp3) is 0.500. The molecule has 1 aliphatic heterocycles. The monoisotopic (exact) mass is 345 g/mol. The molecule has 0 bridgehead atoms. The van der Waals surface area contributed by atoms with Gasteiger partial charge in [0.15, 0.2) is 6.29 Å². The number of benzene rings is 1. The number of anilines is 1. The summed E-state index contributed by atoms with van der Waals surface area (Å²) in [5.74, 6) is 0. The van der Waals surface area contributed by atoms with Crippen LogP contribution in [0.2, 0.25) is 0 Å². The third-order valence-electron chi connectivity index (χ3n) is 3.57. The molecule has 1 aromatic carbocycles. The normalized spacial score (nSPS) is 29.9. The van der Waals surface area contributed by atoms with E-state index in [1.165, 1.54) is 0 Å². The Labute approximate surface area is 134 Å². The molecule has 0 radical (unpaired) electrons. The number of rotatable bonds is 5. The maximum Gasteiger partial charge on any atom is 0.299 e. The molecule has 24 heavy (non-hydrogen) atoms. The first-order chi connectivity index (χ1) is 11.2. The molecule has 12 nitrogen and oxygen atoms in total. The second-order valence-electron chi connectivity index (χ2n) is 5.13.